The normalized spacial score (nSPS) is 20.9. The summed E-state index contributed by atoms with van der Waals surface area (Å²) in [7, 11) is 0.956. The number of allylic oxidation sites excluding steroid dienone is 12. The van der Waals surface area contributed by atoms with Crippen LogP contribution in [0.25, 0.3) is 0 Å². The molecule has 1 aliphatic carbocycles. The molecule has 2 unspecified atom stereocenters. The Hall–Kier alpha value is -4.72. The van der Waals surface area contributed by atoms with Gasteiger partial charge >= 0.3 is 11.9 Å². The average Bonchev–Trinajstić information content (AvgIpc) is 4.09. The van der Waals surface area contributed by atoms with Gasteiger partial charge in [-0.25, -0.2) is 15.0 Å². The fourth-order valence-electron chi connectivity index (χ4n) is 10.2. The third-order valence-electron chi connectivity index (χ3n) is 14.6. The lowest BCUT2D eigenvalue weighted by Gasteiger charge is -2.28. The van der Waals surface area contributed by atoms with E-state index in [-0.39, 0.29) is 50.1 Å². The average molecular weight is 1010 g/mol. The number of quaternary nitrogens is 1. The van der Waals surface area contributed by atoms with Gasteiger partial charge in [0, 0.05) is 59.2 Å². The highest BCUT2D eigenvalue weighted by Gasteiger charge is 2.41. The summed E-state index contributed by atoms with van der Waals surface area (Å²) in [6, 6.07) is 0. The van der Waals surface area contributed by atoms with Crippen LogP contribution in [0.1, 0.15) is 157 Å². The summed E-state index contributed by atoms with van der Waals surface area (Å²) in [6.07, 6.45) is 23.6. The van der Waals surface area contributed by atoms with E-state index in [2.05, 4.69) is 45.7 Å². The summed E-state index contributed by atoms with van der Waals surface area (Å²) in [5.41, 5.74) is 12.9. The van der Waals surface area contributed by atoms with Crippen molar-refractivity contribution in [3.63, 3.8) is 0 Å². The van der Waals surface area contributed by atoms with E-state index in [1.165, 1.54) is 57.8 Å². The highest BCUT2D eigenvalue weighted by Crippen LogP contribution is 2.47. The van der Waals surface area contributed by atoms with E-state index in [9.17, 15) is 24.2 Å². The molecule has 1 saturated heterocycles. The van der Waals surface area contributed by atoms with Gasteiger partial charge in [0.15, 0.2) is 6.10 Å². The van der Waals surface area contributed by atoms with Gasteiger partial charge in [0.1, 0.15) is 25.5 Å². The summed E-state index contributed by atoms with van der Waals surface area (Å²) >= 11 is 0. The van der Waals surface area contributed by atoms with Crippen LogP contribution >= 0.6 is 7.82 Å². The van der Waals surface area contributed by atoms with Crippen LogP contribution in [0.4, 0.5) is 0 Å². The molecule has 0 amide bonds. The molecule has 0 aromatic carbocycles. The lowest BCUT2D eigenvalue weighted by Crippen LogP contribution is -2.37. The first-order valence-electron chi connectivity index (χ1n) is 26.7. The highest BCUT2D eigenvalue weighted by atomic mass is 31.2. The Morgan fingerprint density at radius 1 is 0.847 bits per heavy atom. The van der Waals surface area contributed by atoms with Crippen molar-refractivity contribution in [1.82, 2.24) is 5.32 Å². The van der Waals surface area contributed by atoms with Crippen molar-refractivity contribution in [2.24, 2.45) is 26.8 Å². The number of phosphoric acid groups is 1. The third kappa shape index (κ3) is 15.0. The largest absolute Gasteiger partial charge is 0.756 e. The van der Waals surface area contributed by atoms with Crippen LogP contribution in [-0.4, -0.2) is 92.3 Å². The quantitative estimate of drug-likeness (QED) is 0.0317. The zero-order chi connectivity index (χ0) is 52.2. The molecule has 0 spiro atoms. The number of hydrogen-bond donors (Lipinski definition) is 2. The first-order chi connectivity index (χ1) is 34.3. The standard InChI is InChI=1S/C57H82N5O9P/c1-11-14-15-16-17-18-19-20-21-22-23-24-25-26-53(64)68-35-41(36-70-72(66,67)69-30-29-62(8,9)10)71-54(65)28-27-44-39(6)48-32-46-37(4)42(12-2)50(58-46)33-47-38(5)43(13-3)51(59-47)34-49-40(7)55-52(63)31-45(56(44)60-48)57(55)61-49/h12,32-34,39,41,44H,2,11,13-31,35-36H2,1,3-10H3,(H2-,58,59,60,61,63,66,67)/t39-,41?,44-/m0/s1. The minimum absolute atomic E-state index is 0.0501. The van der Waals surface area contributed by atoms with Gasteiger partial charge in [-0.1, -0.05) is 110 Å². The van der Waals surface area contributed by atoms with Crippen molar-refractivity contribution in [3.05, 3.63) is 104 Å². The molecule has 0 aromatic rings. The number of hydrogen-bond acceptors (Lipinski definition) is 13. The summed E-state index contributed by atoms with van der Waals surface area (Å²) in [5, 5.41) is 15.3. The maximum atomic E-state index is 13.9. The molecule has 2 N–H and O–H groups in total. The van der Waals surface area contributed by atoms with Gasteiger partial charge in [0.05, 0.1) is 62.0 Å². The number of phosphoric ester groups is 1. The zero-order valence-corrected chi connectivity index (χ0v) is 45.6. The Labute approximate surface area is 429 Å². The van der Waals surface area contributed by atoms with Crippen LogP contribution in [0.3, 0.4) is 0 Å². The number of carbonyl (C=O) groups is 2. The Balaban J connectivity index is 1.15. The molecule has 5 aliphatic heterocycles. The highest BCUT2D eigenvalue weighted by molar-refractivity contribution is 7.45. The predicted molar refractivity (Wildman–Crippen MR) is 285 cm³/mol. The summed E-state index contributed by atoms with van der Waals surface area (Å²) in [6.45, 7) is 16.0. The van der Waals surface area contributed by atoms with E-state index in [1.807, 2.05) is 53.2 Å². The van der Waals surface area contributed by atoms with Gasteiger partial charge in [-0.2, -0.15) is 0 Å². The van der Waals surface area contributed by atoms with E-state index in [1.54, 1.807) is 0 Å². The topological polar surface area (TPSA) is 181 Å². The SMILES string of the molecule is C=CC1=C(C)C2=NC1=CC1=NC(=CC3=C(C)C4=C(O)CC(=C5NC(=C2)[C@@H](C)[C@@H]5CCC(=O)OC(COC(=O)CCCCCCCCCCCCCCC)COP(=O)([O-])OCC[N+](C)(C)C)C4=N3)C(CC)=C1C. The van der Waals surface area contributed by atoms with E-state index in [0.29, 0.717) is 35.2 Å². The summed E-state index contributed by atoms with van der Waals surface area (Å²) < 4.78 is 35.1. The molecule has 72 heavy (non-hydrogen) atoms. The minimum atomic E-state index is -4.79. The molecule has 1 fully saturated rings. The number of nitrogens with one attached hydrogen (secondary N) is 1. The fraction of sp³-hybridized carbons (Fsp3) is 0.596. The molecule has 0 saturated carbocycles. The van der Waals surface area contributed by atoms with Crippen LogP contribution in [0.15, 0.2) is 119 Å². The fourth-order valence-corrected chi connectivity index (χ4v) is 10.9. The zero-order valence-electron chi connectivity index (χ0n) is 44.8. The molecule has 0 radical (unpaired) electrons. The van der Waals surface area contributed by atoms with Crippen LogP contribution in [0.5, 0.6) is 0 Å². The van der Waals surface area contributed by atoms with E-state index < -0.39 is 32.5 Å². The lowest BCUT2D eigenvalue weighted by atomic mass is 9.86. The number of nitrogens with zero attached hydrogens (tertiary/aromatic N) is 4. The van der Waals surface area contributed by atoms with Crippen molar-refractivity contribution >= 4 is 36.9 Å². The smallest absolute Gasteiger partial charge is 0.306 e. The van der Waals surface area contributed by atoms with E-state index >= 15 is 0 Å². The van der Waals surface area contributed by atoms with Crippen molar-refractivity contribution in [2.45, 2.75) is 163 Å². The molecule has 6 aliphatic rings. The van der Waals surface area contributed by atoms with Crippen LogP contribution < -0.4 is 10.2 Å². The first-order valence-corrected chi connectivity index (χ1v) is 28.2. The van der Waals surface area contributed by atoms with Crippen LogP contribution in [0.2, 0.25) is 0 Å². The number of fused-ring (bicyclic) bond motifs is 5. The second-order valence-electron chi connectivity index (χ2n) is 21.2. The summed E-state index contributed by atoms with van der Waals surface area (Å²) in [5.74, 6) is -1.19. The van der Waals surface area contributed by atoms with E-state index in [0.717, 1.165) is 99.0 Å². The van der Waals surface area contributed by atoms with Crippen LogP contribution in [0, 0.1) is 11.8 Å². The lowest BCUT2D eigenvalue weighted by molar-refractivity contribution is -0.870. The number of aliphatic imine (C=N–C) groups is 3. The molecule has 15 heteroatoms. The minimum Gasteiger partial charge on any atom is -0.756 e. The van der Waals surface area contributed by atoms with Gasteiger partial charge in [0.2, 0.25) is 0 Å². The van der Waals surface area contributed by atoms with Crippen molar-refractivity contribution in [1.29, 1.82) is 0 Å². The number of ether oxygens (including phenoxy) is 2. The van der Waals surface area contributed by atoms with Gasteiger partial charge in [0.25, 0.3) is 7.82 Å². The Kier molecular flexibility index (Phi) is 20.4. The number of unbranched alkanes of at least 4 members (excludes halogenated alkanes) is 12. The van der Waals surface area contributed by atoms with Crippen molar-refractivity contribution in [3.8, 4) is 0 Å². The second-order valence-corrected chi connectivity index (χ2v) is 22.6. The summed E-state index contributed by atoms with van der Waals surface area (Å²) in [4.78, 5) is 55.0. The number of esters is 2. The molecule has 8 bridgehead atoms. The third-order valence-corrected chi connectivity index (χ3v) is 15.6. The molecule has 394 valence electrons. The number of carbonyl (C=O) groups excluding carboxylic acids is 2. The van der Waals surface area contributed by atoms with Crippen LogP contribution in [-0.2, 0) is 32.7 Å². The monoisotopic (exact) mass is 1010 g/mol. The Bertz CT molecular complexity index is 2490. The van der Waals surface area contributed by atoms with Crippen molar-refractivity contribution in [2.75, 3.05) is 47.5 Å². The van der Waals surface area contributed by atoms with Crippen molar-refractivity contribution < 1.29 is 47.2 Å². The molecule has 14 nitrogen and oxygen atoms in total. The number of aliphatic hydroxyl groups is 1. The van der Waals surface area contributed by atoms with Gasteiger partial charge in [-0.15, -0.1) is 0 Å². The second kappa shape index (κ2) is 26.0. The maximum absolute atomic E-state index is 13.9. The maximum Gasteiger partial charge on any atom is 0.306 e. The Morgan fingerprint density at radius 3 is 2.12 bits per heavy atom. The van der Waals surface area contributed by atoms with Gasteiger partial charge in [-0.05, 0) is 80.6 Å². The number of likely N-dealkylation sites (N-methyl/N-ethyl adjacent to an activating group) is 1. The predicted octanol–water partition coefficient (Wildman–Crippen LogP) is 11.8. The molecule has 0 aromatic heterocycles. The molecule has 5 heterocycles. The molecule has 4 atom stereocenters. The Morgan fingerprint density at radius 2 is 1.49 bits per heavy atom. The molecular formula is C57H82N5O9P. The van der Waals surface area contributed by atoms with Gasteiger partial charge < -0.3 is 38.3 Å². The number of aliphatic hydroxyl groups excluding tert-OH is 1. The van der Waals surface area contributed by atoms with E-state index in [4.69, 9.17) is 33.5 Å². The number of rotatable bonds is 29. The van der Waals surface area contributed by atoms with Gasteiger partial charge in [-0.3, -0.25) is 14.2 Å². The first kappa shape index (κ1) is 56.6. The molecular weight excluding hydrogens is 930 g/mol. The molecule has 6 rings (SSSR count).